The molecule has 13 heavy (non-hydrogen) atoms. The van der Waals surface area contributed by atoms with E-state index in [4.69, 9.17) is 5.11 Å². The molecule has 0 heterocycles. The summed E-state index contributed by atoms with van der Waals surface area (Å²) in [5.41, 5.74) is 0.843. The summed E-state index contributed by atoms with van der Waals surface area (Å²) in [5, 5.41) is 12.1. The zero-order valence-corrected chi connectivity index (χ0v) is 8.16. The Kier molecular flexibility index (Phi) is 7.15. The number of aliphatic hydroxyl groups is 1. The molecule has 74 valence electrons. The summed E-state index contributed by atoms with van der Waals surface area (Å²) in [6, 6.07) is 0.0571. The molecule has 0 amide bonds. The van der Waals surface area contributed by atoms with E-state index in [2.05, 4.69) is 23.6 Å². The smallest absolute Gasteiger partial charge is 0.0588 e. The maximum Gasteiger partial charge on any atom is 0.0588 e. The Labute approximate surface area is 79.9 Å². The Morgan fingerprint density at radius 1 is 1.69 bits per heavy atom. The zero-order chi connectivity index (χ0) is 10.1. The van der Waals surface area contributed by atoms with Crippen LogP contribution in [0.25, 0.3) is 0 Å². The highest BCUT2D eigenvalue weighted by Crippen LogP contribution is 2.06. The Bertz CT molecular complexity index is 187. The number of rotatable bonds is 7. The normalized spacial score (nSPS) is 13.8. The summed E-state index contributed by atoms with van der Waals surface area (Å²) in [5.74, 6) is 0. The Balaban J connectivity index is 4.10. The fraction of sp³-hybridized carbons (Fsp3) is 0.500. The molecule has 3 heteroatoms. The van der Waals surface area contributed by atoms with Gasteiger partial charge in [0.05, 0.1) is 6.61 Å². The molecular weight excluding hydrogens is 164 g/mol. The first kappa shape index (κ1) is 12.1. The average Bonchev–Trinajstić information content (AvgIpc) is 2.16. The number of allylic oxidation sites excluding steroid dienone is 2. The molecule has 0 saturated heterocycles. The molecule has 0 aromatic rings. The second kappa shape index (κ2) is 7.71. The summed E-state index contributed by atoms with van der Waals surface area (Å²) >= 11 is 0. The van der Waals surface area contributed by atoms with Gasteiger partial charge in [-0.2, -0.15) is 0 Å². The second-order valence-electron chi connectivity index (χ2n) is 2.69. The van der Waals surface area contributed by atoms with Gasteiger partial charge in [0.25, 0.3) is 0 Å². The number of likely N-dealkylation sites (N-methyl/N-ethyl adjacent to an activating group) is 1. The van der Waals surface area contributed by atoms with Crippen molar-refractivity contribution in [2.75, 3.05) is 13.2 Å². The van der Waals surface area contributed by atoms with E-state index in [1.54, 1.807) is 12.2 Å². The minimum Gasteiger partial charge on any atom is -0.395 e. The van der Waals surface area contributed by atoms with Gasteiger partial charge in [0.1, 0.15) is 0 Å². The molecule has 0 aliphatic heterocycles. The van der Waals surface area contributed by atoms with Crippen LogP contribution in [0, 0.1) is 0 Å². The molecular formula is C10H18N2O. The molecule has 0 rings (SSSR count). The number of nitrogens with zero attached hydrogens (tertiary/aromatic N) is 1. The third kappa shape index (κ3) is 5.33. The number of aliphatic hydroxyl groups excluding tert-OH is 1. The van der Waals surface area contributed by atoms with Crippen molar-refractivity contribution in [3.63, 3.8) is 0 Å². The van der Waals surface area contributed by atoms with Crippen molar-refractivity contribution in [1.29, 1.82) is 0 Å². The monoisotopic (exact) mass is 182 g/mol. The van der Waals surface area contributed by atoms with Crippen LogP contribution in [0.5, 0.6) is 0 Å². The zero-order valence-electron chi connectivity index (χ0n) is 8.16. The predicted molar refractivity (Wildman–Crippen MR) is 57.0 cm³/mol. The van der Waals surface area contributed by atoms with E-state index in [-0.39, 0.29) is 12.6 Å². The van der Waals surface area contributed by atoms with Gasteiger partial charge < -0.3 is 10.4 Å². The van der Waals surface area contributed by atoms with E-state index in [0.29, 0.717) is 6.42 Å². The van der Waals surface area contributed by atoms with Gasteiger partial charge in [0.2, 0.25) is 0 Å². The minimum absolute atomic E-state index is 0.0571. The van der Waals surface area contributed by atoms with Crippen LogP contribution in [-0.2, 0) is 0 Å². The van der Waals surface area contributed by atoms with Crippen LogP contribution in [0.2, 0.25) is 0 Å². The highest BCUT2D eigenvalue weighted by Gasteiger charge is 2.06. The Morgan fingerprint density at radius 3 is 2.77 bits per heavy atom. The lowest BCUT2D eigenvalue weighted by atomic mass is 10.1. The lowest BCUT2D eigenvalue weighted by Crippen LogP contribution is -2.32. The van der Waals surface area contributed by atoms with Crippen LogP contribution in [0.15, 0.2) is 29.4 Å². The highest BCUT2D eigenvalue weighted by atomic mass is 16.3. The second-order valence-corrected chi connectivity index (χ2v) is 2.69. The topological polar surface area (TPSA) is 44.6 Å². The molecule has 0 aromatic carbocycles. The molecule has 0 bridgehead atoms. The van der Waals surface area contributed by atoms with Crippen LogP contribution >= 0.6 is 0 Å². The lowest BCUT2D eigenvalue weighted by molar-refractivity contribution is 0.243. The standard InChI is InChI=1S/C10H18N2O/c1-4-6-9(11-3)7-10(8-13)12-5-2/h4,6,10,12-13H,1,3,5,7-8H2,2H3/b9-6-. The molecule has 1 unspecified atom stereocenters. The van der Waals surface area contributed by atoms with Crippen LogP contribution in [0.4, 0.5) is 0 Å². The number of hydrogen-bond acceptors (Lipinski definition) is 3. The summed E-state index contributed by atoms with van der Waals surface area (Å²) in [7, 11) is 0. The molecule has 0 aromatic heterocycles. The van der Waals surface area contributed by atoms with E-state index in [1.165, 1.54) is 0 Å². The van der Waals surface area contributed by atoms with E-state index in [1.807, 2.05) is 6.92 Å². The molecule has 0 fully saturated rings. The molecule has 0 radical (unpaired) electrons. The van der Waals surface area contributed by atoms with Crippen LogP contribution < -0.4 is 5.32 Å². The van der Waals surface area contributed by atoms with Crippen molar-refractivity contribution in [3.8, 4) is 0 Å². The number of nitrogens with one attached hydrogen (secondary N) is 1. The third-order valence-electron chi connectivity index (χ3n) is 1.68. The average molecular weight is 182 g/mol. The van der Waals surface area contributed by atoms with Gasteiger partial charge in [-0.05, 0) is 19.3 Å². The van der Waals surface area contributed by atoms with Crippen molar-refractivity contribution < 1.29 is 5.11 Å². The molecule has 3 nitrogen and oxygen atoms in total. The first-order chi connectivity index (χ1) is 6.28. The van der Waals surface area contributed by atoms with Crippen molar-refractivity contribution in [2.45, 2.75) is 19.4 Å². The quantitative estimate of drug-likeness (QED) is 0.458. The summed E-state index contributed by atoms with van der Waals surface area (Å²) in [4.78, 5) is 3.84. The SMILES string of the molecule is C=C/C=C(/CC(CO)NCC)N=C. The first-order valence-electron chi connectivity index (χ1n) is 4.41. The summed E-state index contributed by atoms with van der Waals surface area (Å²) in [6.07, 6.45) is 4.15. The van der Waals surface area contributed by atoms with E-state index < -0.39 is 0 Å². The van der Waals surface area contributed by atoms with Crippen molar-refractivity contribution >= 4 is 6.72 Å². The molecule has 0 aliphatic rings. The highest BCUT2D eigenvalue weighted by molar-refractivity contribution is 5.30. The van der Waals surface area contributed by atoms with Gasteiger partial charge in [0, 0.05) is 18.2 Å². The first-order valence-corrected chi connectivity index (χ1v) is 4.41. The lowest BCUT2D eigenvalue weighted by Gasteiger charge is -2.14. The fourth-order valence-electron chi connectivity index (χ4n) is 1.06. The van der Waals surface area contributed by atoms with Gasteiger partial charge in [-0.1, -0.05) is 19.6 Å². The van der Waals surface area contributed by atoms with Crippen LogP contribution in [0.3, 0.4) is 0 Å². The molecule has 0 spiro atoms. The fourth-order valence-corrected chi connectivity index (χ4v) is 1.06. The van der Waals surface area contributed by atoms with Gasteiger partial charge in [-0.15, -0.1) is 0 Å². The number of aliphatic imine (C=N–C) groups is 1. The van der Waals surface area contributed by atoms with Gasteiger partial charge in [0.15, 0.2) is 0 Å². The van der Waals surface area contributed by atoms with Crippen molar-refractivity contribution in [2.24, 2.45) is 4.99 Å². The molecule has 1 atom stereocenters. The molecule has 2 N–H and O–H groups in total. The summed E-state index contributed by atoms with van der Waals surface area (Å²) < 4.78 is 0. The van der Waals surface area contributed by atoms with E-state index in [9.17, 15) is 0 Å². The van der Waals surface area contributed by atoms with Crippen LogP contribution in [0.1, 0.15) is 13.3 Å². The van der Waals surface area contributed by atoms with Gasteiger partial charge in [-0.25, -0.2) is 0 Å². The van der Waals surface area contributed by atoms with E-state index in [0.717, 1.165) is 12.2 Å². The molecule has 0 aliphatic carbocycles. The van der Waals surface area contributed by atoms with Crippen LogP contribution in [-0.4, -0.2) is 31.0 Å². The maximum atomic E-state index is 8.99. The number of hydrogen-bond donors (Lipinski definition) is 2. The Morgan fingerprint density at radius 2 is 2.38 bits per heavy atom. The molecule has 0 saturated carbocycles. The van der Waals surface area contributed by atoms with E-state index >= 15 is 0 Å². The minimum atomic E-state index is 0.0571. The van der Waals surface area contributed by atoms with Crippen molar-refractivity contribution in [1.82, 2.24) is 5.32 Å². The Hall–Kier alpha value is -0.930. The maximum absolute atomic E-state index is 8.99. The largest absolute Gasteiger partial charge is 0.395 e. The van der Waals surface area contributed by atoms with Gasteiger partial charge in [-0.3, -0.25) is 4.99 Å². The predicted octanol–water partition coefficient (Wildman–Crippen LogP) is 1.12. The summed E-state index contributed by atoms with van der Waals surface area (Å²) in [6.45, 7) is 9.98. The van der Waals surface area contributed by atoms with Gasteiger partial charge >= 0.3 is 0 Å². The third-order valence-corrected chi connectivity index (χ3v) is 1.68. The van der Waals surface area contributed by atoms with Crippen molar-refractivity contribution in [3.05, 3.63) is 24.4 Å².